The van der Waals surface area contributed by atoms with E-state index in [9.17, 15) is 9.59 Å². The van der Waals surface area contributed by atoms with Crippen LogP contribution in [0.15, 0.2) is 36.7 Å². The minimum absolute atomic E-state index is 0.707. The molecule has 24 heavy (non-hydrogen) atoms. The third-order valence-electron chi connectivity index (χ3n) is 3.85. The van der Waals surface area contributed by atoms with Crippen LogP contribution in [0.5, 0.6) is 0 Å². The lowest BCUT2D eigenvalue weighted by atomic mass is 10.2. The van der Waals surface area contributed by atoms with E-state index in [0.717, 1.165) is 46.0 Å². The van der Waals surface area contributed by atoms with Crippen molar-refractivity contribution in [3.63, 3.8) is 0 Å². The molecule has 6 heteroatoms. The molecule has 0 radical (unpaired) electrons. The highest BCUT2D eigenvalue weighted by Crippen LogP contribution is 2.18. The van der Waals surface area contributed by atoms with Crippen LogP contribution < -0.4 is 0 Å². The molecule has 4 aromatic heterocycles. The average molecular weight is 320 g/mol. The molecule has 0 unspecified atom stereocenters. The minimum atomic E-state index is 0.707. The normalized spacial score (nSPS) is 10.4. The predicted molar refractivity (Wildman–Crippen MR) is 92.4 cm³/mol. The number of rotatable bonds is 2. The molecule has 0 aliphatic rings. The van der Waals surface area contributed by atoms with Crippen molar-refractivity contribution >= 4 is 34.6 Å². The molecule has 2 N–H and O–H groups in total. The maximum absolute atomic E-state index is 10.7. The zero-order valence-corrected chi connectivity index (χ0v) is 13.3. The number of H-pyrrole nitrogens is 2. The maximum Gasteiger partial charge on any atom is 0.152 e. The van der Waals surface area contributed by atoms with Gasteiger partial charge in [-0.25, -0.2) is 9.97 Å². The van der Waals surface area contributed by atoms with E-state index in [1.165, 1.54) is 0 Å². The topological polar surface area (TPSA) is 91.5 Å². The molecule has 0 atom stereocenters. The van der Waals surface area contributed by atoms with Crippen molar-refractivity contribution in [2.75, 3.05) is 0 Å². The number of aromatic amines is 2. The van der Waals surface area contributed by atoms with Crippen LogP contribution in [-0.4, -0.2) is 32.5 Å². The predicted octanol–water partition coefficient (Wildman–Crippen LogP) is 3.37. The van der Waals surface area contributed by atoms with Gasteiger partial charge in [-0.1, -0.05) is 0 Å². The average Bonchev–Trinajstić information content (AvgIpc) is 3.09. The lowest BCUT2D eigenvalue weighted by Gasteiger charge is -1.86. The fraction of sp³-hybridized carbons (Fsp3) is 0.111. The fourth-order valence-electron chi connectivity index (χ4n) is 2.64. The number of nitrogens with one attached hydrogen (secondary N) is 2. The molecule has 0 saturated carbocycles. The summed E-state index contributed by atoms with van der Waals surface area (Å²) in [4.78, 5) is 35.6. The van der Waals surface area contributed by atoms with Crippen molar-refractivity contribution < 1.29 is 9.59 Å². The van der Waals surface area contributed by atoms with Gasteiger partial charge in [-0.3, -0.25) is 9.59 Å². The Balaban J connectivity index is 0.000000141. The summed E-state index contributed by atoms with van der Waals surface area (Å²) < 4.78 is 0. The van der Waals surface area contributed by atoms with Gasteiger partial charge in [0.05, 0.1) is 0 Å². The van der Waals surface area contributed by atoms with E-state index in [1.54, 1.807) is 12.4 Å². The summed E-state index contributed by atoms with van der Waals surface area (Å²) in [7, 11) is 0. The molecule has 0 spiro atoms. The van der Waals surface area contributed by atoms with Crippen molar-refractivity contribution in [1.82, 2.24) is 19.9 Å². The molecule has 4 rings (SSSR count). The van der Waals surface area contributed by atoms with Crippen molar-refractivity contribution in [2.24, 2.45) is 0 Å². The van der Waals surface area contributed by atoms with E-state index in [0.29, 0.717) is 11.1 Å². The number of hydrogen-bond acceptors (Lipinski definition) is 4. The van der Waals surface area contributed by atoms with Gasteiger partial charge >= 0.3 is 0 Å². The van der Waals surface area contributed by atoms with Crippen LogP contribution in [0, 0.1) is 13.8 Å². The van der Waals surface area contributed by atoms with Crippen molar-refractivity contribution in [2.45, 2.75) is 13.8 Å². The third-order valence-corrected chi connectivity index (χ3v) is 3.85. The largest absolute Gasteiger partial charge is 0.343 e. The molecule has 4 aromatic rings. The summed E-state index contributed by atoms with van der Waals surface area (Å²) in [6.45, 7) is 3.73. The zero-order valence-electron chi connectivity index (χ0n) is 13.3. The van der Waals surface area contributed by atoms with E-state index in [2.05, 4.69) is 19.9 Å². The Hall–Kier alpha value is -3.28. The molecular weight excluding hydrogens is 304 g/mol. The lowest BCUT2D eigenvalue weighted by Crippen LogP contribution is -1.79. The highest BCUT2D eigenvalue weighted by atomic mass is 16.1. The molecule has 0 aromatic carbocycles. The number of fused-ring (bicyclic) bond motifs is 2. The number of pyridine rings is 2. The molecule has 0 aliphatic heterocycles. The summed E-state index contributed by atoms with van der Waals surface area (Å²) >= 11 is 0. The summed E-state index contributed by atoms with van der Waals surface area (Å²) in [5.74, 6) is 0. The molecule has 0 bridgehead atoms. The van der Waals surface area contributed by atoms with Gasteiger partial charge in [-0.2, -0.15) is 0 Å². The number of nitrogens with zero attached hydrogens (tertiary/aromatic N) is 2. The quantitative estimate of drug-likeness (QED) is 0.554. The van der Waals surface area contributed by atoms with Gasteiger partial charge in [0.1, 0.15) is 11.3 Å². The Morgan fingerprint density at radius 2 is 1.21 bits per heavy atom. The van der Waals surface area contributed by atoms with Crippen LogP contribution in [0.3, 0.4) is 0 Å². The molecule has 120 valence electrons. The third kappa shape index (κ3) is 2.69. The van der Waals surface area contributed by atoms with E-state index in [4.69, 9.17) is 0 Å². The molecule has 4 heterocycles. The SMILES string of the molecule is Cc1[nH]c2ncccc2c1C=O.Cc1[nH]c2ncccc2c1C=O. The minimum Gasteiger partial charge on any atom is -0.343 e. The number of carbonyl (C=O) groups is 2. The van der Waals surface area contributed by atoms with Crippen molar-refractivity contribution in [3.05, 3.63) is 59.2 Å². The Morgan fingerprint density at radius 1 is 0.792 bits per heavy atom. The molecule has 0 amide bonds. The molecule has 0 saturated heterocycles. The van der Waals surface area contributed by atoms with Crippen LogP contribution in [0.4, 0.5) is 0 Å². The highest BCUT2D eigenvalue weighted by Gasteiger charge is 2.06. The maximum atomic E-state index is 10.7. The van der Waals surface area contributed by atoms with E-state index in [1.807, 2.05) is 38.1 Å². The smallest absolute Gasteiger partial charge is 0.152 e. The molecule has 0 fully saturated rings. The van der Waals surface area contributed by atoms with Gasteiger partial charge in [0.25, 0.3) is 0 Å². The summed E-state index contributed by atoms with van der Waals surface area (Å²) in [5, 5.41) is 1.79. The van der Waals surface area contributed by atoms with Gasteiger partial charge in [0.2, 0.25) is 0 Å². The first kappa shape index (κ1) is 15.6. The lowest BCUT2D eigenvalue weighted by molar-refractivity contribution is 0.111. The molecular formula is C18H16N4O2. The van der Waals surface area contributed by atoms with Gasteiger partial charge in [-0.05, 0) is 38.1 Å². The Kier molecular flexibility index (Phi) is 4.20. The fourth-order valence-corrected chi connectivity index (χ4v) is 2.64. The monoisotopic (exact) mass is 320 g/mol. The Morgan fingerprint density at radius 3 is 1.58 bits per heavy atom. The second-order valence-corrected chi connectivity index (χ2v) is 5.36. The number of aromatic nitrogens is 4. The first-order valence-electron chi connectivity index (χ1n) is 7.42. The van der Waals surface area contributed by atoms with Gasteiger partial charge in [-0.15, -0.1) is 0 Å². The Bertz CT molecular complexity index is 946. The van der Waals surface area contributed by atoms with Crippen LogP contribution in [-0.2, 0) is 0 Å². The van der Waals surface area contributed by atoms with Gasteiger partial charge < -0.3 is 9.97 Å². The van der Waals surface area contributed by atoms with Crippen molar-refractivity contribution in [1.29, 1.82) is 0 Å². The standard InChI is InChI=1S/2C9H8N2O/c2*1-6-8(5-12)7-3-2-4-10-9(7)11-6/h2*2-5H,1H3,(H,10,11). The zero-order chi connectivity index (χ0) is 17.1. The number of hydrogen-bond donors (Lipinski definition) is 2. The van der Waals surface area contributed by atoms with Crippen molar-refractivity contribution in [3.8, 4) is 0 Å². The number of aryl methyl sites for hydroxylation is 2. The summed E-state index contributed by atoms with van der Waals surface area (Å²) in [6.07, 6.45) is 5.12. The summed E-state index contributed by atoms with van der Waals surface area (Å²) in [5.41, 5.74) is 4.71. The number of carbonyl (C=O) groups excluding carboxylic acids is 2. The van der Waals surface area contributed by atoms with Crippen LogP contribution in [0.1, 0.15) is 32.1 Å². The van der Waals surface area contributed by atoms with Crippen LogP contribution in [0.25, 0.3) is 22.1 Å². The highest BCUT2D eigenvalue weighted by molar-refractivity contribution is 5.97. The first-order chi connectivity index (χ1) is 11.7. The number of aldehydes is 2. The Labute approximate surface area is 137 Å². The van der Waals surface area contributed by atoms with Crippen LogP contribution in [0.2, 0.25) is 0 Å². The first-order valence-corrected chi connectivity index (χ1v) is 7.42. The van der Waals surface area contributed by atoms with Crippen LogP contribution >= 0.6 is 0 Å². The second kappa shape index (κ2) is 6.45. The van der Waals surface area contributed by atoms with E-state index in [-0.39, 0.29) is 0 Å². The molecule has 6 nitrogen and oxygen atoms in total. The van der Waals surface area contributed by atoms with Gasteiger partial charge in [0, 0.05) is 45.7 Å². The van der Waals surface area contributed by atoms with E-state index < -0.39 is 0 Å². The second-order valence-electron chi connectivity index (χ2n) is 5.36. The molecule has 0 aliphatic carbocycles. The van der Waals surface area contributed by atoms with Gasteiger partial charge in [0.15, 0.2) is 12.6 Å². The van der Waals surface area contributed by atoms with E-state index >= 15 is 0 Å². The summed E-state index contributed by atoms with van der Waals surface area (Å²) in [6, 6.07) is 7.41.